The van der Waals surface area contributed by atoms with Gasteiger partial charge in [-0.25, -0.2) is 0 Å². The molecule has 0 aromatic heterocycles. The van der Waals surface area contributed by atoms with Gasteiger partial charge in [-0.2, -0.15) is 0 Å². The third-order valence-corrected chi connectivity index (χ3v) is 3.10. The van der Waals surface area contributed by atoms with E-state index in [0.717, 1.165) is 24.8 Å². The molecule has 0 bridgehead atoms. The van der Waals surface area contributed by atoms with Gasteiger partial charge in [0.25, 0.3) is 0 Å². The third-order valence-electron chi connectivity index (χ3n) is 3.10. The van der Waals surface area contributed by atoms with Gasteiger partial charge >= 0.3 is 0 Å². The van der Waals surface area contributed by atoms with Crippen LogP contribution < -0.4 is 5.73 Å². The molecule has 0 spiro atoms. The molecule has 1 aromatic rings. The van der Waals surface area contributed by atoms with Crippen LogP contribution in [0.4, 0.5) is 0 Å². The molecule has 1 saturated carbocycles. The molecule has 76 valence electrons. The summed E-state index contributed by atoms with van der Waals surface area (Å²) in [7, 11) is 0. The molecule has 0 atom stereocenters. The van der Waals surface area contributed by atoms with Crippen molar-refractivity contribution in [2.75, 3.05) is 0 Å². The molecule has 0 aliphatic heterocycles. The minimum absolute atomic E-state index is 0.0447. The first-order valence-corrected chi connectivity index (χ1v) is 4.85. The maximum absolute atomic E-state index is 9.46. The van der Waals surface area contributed by atoms with Crippen LogP contribution in [0.1, 0.15) is 30.4 Å². The number of phenolic OH excluding ortho intramolecular Hbond substituents is 2. The number of aromatic hydroxyl groups is 2. The standard InChI is InChI=1S/C11H15NO2/c1-7-5-8(6-9(13)10(7)14)11(12)3-2-4-11/h5-6,13-14H,2-4,12H2,1H3. The van der Waals surface area contributed by atoms with Crippen LogP contribution in [0.3, 0.4) is 0 Å². The second kappa shape index (κ2) is 2.89. The van der Waals surface area contributed by atoms with Gasteiger partial charge < -0.3 is 15.9 Å². The molecular weight excluding hydrogens is 178 g/mol. The van der Waals surface area contributed by atoms with Gasteiger partial charge in [-0.15, -0.1) is 0 Å². The van der Waals surface area contributed by atoms with Crippen LogP contribution in [0, 0.1) is 6.92 Å². The van der Waals surface area contributed by atoms with Crippen molar-refractivity contribution in [3.8, 4) is 11.5 Å². The lowest BCUT2D eigenvalue weighted by atomic mass is 9.72. The van der Waals surface area contributed by atoms with E-state index in [1.807, 2.05) is 6.07 Å². The Hall–Kier alpha value is -1.22. The summed E-state index contributed by atoms with van der Waals surface area (Å²) in [4.78, 5) is 0. The molecule has 3 heteroatoms. The first-order valence-electron chi connectivity index (χ1n) is 4.85. The van der Waals surface area contributed by atoms with Crippen LogP contribution in [0.2, 0.25) is 0 Å². The predicted molar refractivity (Wildman–Crippen MR) is 54.2 cm³/mol. The number of hydrogen-bond donors (Lipinski definition) is 3. The summed E-state index contributed by atoms with van der Waals surface area (Å²) in [5.74, 6) is -0.117. The molecule has 0 saturated heterocycles. The fraction of sp³-hybridized carbons (Fsp3) is 0.455. The van der Waals surface area contributed by atoms with Crippen molar-refractivity contribution in [2.45, 2.75) is 31.7 Å². The smallest absolute Gasteiger partial charge is 0.160 e. The number of hydrogen-bond acceptors (Lipinski definition) is 3. The van der Waals surface area contributed by atoms with E-state index in [-0.39, 0.29) is 17.0 Å². The van der Waals surface area contributed by atoms with Gasteiger partial charge in [0.15, 0.2) is 11.5 Å². The lowest BCUT2D eigenvalue weighted by Gasteiger charge is -2.38. The number of benzene rings is 1. The molecule has 1 aliphatic carbocycles. The average Bonchev–Trinajstić information content (AvgIpc) is 2.09. The fourth-order valence-electron chi connectivity index (χ4n) is 1.89. The number of phenols is 2. The summed E-state index contributed by atoms with van der Waals surface area (Å²) in [6.45, 7) is 1.76. The zero-order chi connectivity index (χ0) is 10.3. The molecule has 1 aromatic carbocycles. The van der Waals surface area contributed by atoms with E-state index in [9.17, 15) is 10.2 Å². The summed E-state index contributed by atoms with van der Waals surface area (Å²) in [5.41, 5.74) is 7.44. The van der Waals surface area contributed by atoms with Crippen molar-refractivity contribution in [3.63, 3.8) is 0 Å². The van der Waals surface area contributed by atoms with E-state index in [4.69, 9.17) is 5.73 Å². The first-order chi connectivity index (χ1) is 6.53. The van der Waals surface area contributed by atoms with Gasteiger partial charge in [-0.3, -0.25) is 0 Å². The van der Waals surface area contributed by atoms with E-state index >= 15 is 0 Å². The summed E-state index contributed by atoms with van der Waals surface area (Å²) in [5, 5.41) is 18.9. The second-order valence-corrected chi connectivity index (χ2v) is 4.17. The van der Waals surface area contributed by atoms with Crippen molar-refractivity contribution in [1.82, 2.24) is 0 Å². The monoisotopic (exact) mass is 193 g/mol. The molecule has 1 fully saturated rings. The predicted octanol–water partition coefficient (Wildman–Crippen LogP) is 1.74. The maximum Gasteiger partial charge on any atom is 0.160 e. The maximum atomic E-state index is 9.46. The molecule has 0 heterocycles. The van der Waals surface area contributed by atoms with Crippen LogP contribution in [-0.4, -0.2) is 10.2 Å². The summed E-state index contributed by atoms with van der Waals surface area (Å²) >= 11 is 0. The van der Waals surface area contributed by atoms with Gasteiger partial charge in [0.1, 0.15) is 0 Å². The lowest BCUT2D eigenvalue weighted by molar-refractivity contribution is 0.252. The van der Waals surface area contributed by atoms with Crippen LogP contribution in [0.15, 0.2) is 12.1 Å². The summed E-state index contributed by atoms with van der Waals surface area (Å²) < 4.78 is 0. The Morgan fingerprint density at radius 2 is 1.93 bits per heavy atom. The van der Waals surface area contributed by atoms with Crippen LogP contribution >= 0.6 is 0 Å². The van der Waals surface area contributed by atoms with Crippen molar-refractivity contribution in [2.24, 2.45) is 5.73 Å². The molecule has 2 rings (SSSR count). The Balaban J connectivity index is 2.45. The van der Waals surface area contributed by atoms with Crippen LogP contribution in [0.25, 0.3) is 0 Å². The Kier molecular flexibility index (Phi) is 1.93. The summed E-state index contributed by atoms with van der Waals surface area (Å²) in [6, 6.07) is 3.43. The van der Waals surface area contributed by atoms with Gasteiger partial charge in [0.05, 0.1) is 0 Å². The summed E-state index contributed by atoms with van der Waals surface area (Å²) in [6.07, 6.45) is 3.05. The topological polar surface area (TPSA) is 66.5 Å². The number of nitrogens with two attached hydrogens (primary N) is 1. The van der Waals surface area contributed by atoms with E-state index in [0.29, 0.717) is 5.56 Å². The average molecular weight is 193 g/mol. The van der Waals surface area contributed by atoms with Crippen molar-refractivity contribution in [3.05, 3.63) is 23.3 Å². The minimum atomic E-state index is -0.282. The van der Waals surface area contributed by atoms with E-state index in [1.165, 1.54) is 0 Å². The SMILES string of the molecule is Cc1cc(C2(N)CCC2)cc(O)c1O. The highest BCUT2D eigenvalue weighted by Crippen LogP contribution is 2.42. The zero-order valence-electron chi connectivity index (χ0n) is 8.25. The molecule has 1 aliphatic rings. The van der Waals surface area contributed by atoms with E-state index < -0.39 is 0 Å². The molecule has 4 N–H and O–H groups in total. The number of aryl methyl sites for hydroxylation is 1. The van der Waals surface area contributed by atoms with Gasteiger partial charge in [-0.1, -0.05) is 6.07 Å². The number of rotatable bonds is 1. The Morgan fingerprint density at radius 3 is 2.36 bits per heavy atom. The fourth-order valence-corrected chi connectivity index (χ4v) is 1.89. The van der Waals surface area contributed by atoms with E-state index in [1.54, 1.807) is 13.0 Å². The molecule has 0 unspecified atom stereocenters. The highest BCUT2D eigenvalue weighted by molar-refractivity contribution is 5.49. The highest BCUT2D eigenvalue weighted by Gasteiger charge is 2.35. The van der Waals surface area contributed by atoms with Crippen LogP contribution in [0.5, 0.6) is 11.5 Å². The van der Waals surface area contributed by atoms with Crippen molar-refractivity contribution < 1.29 is 10.2 Å². The Morgan fingerprint density at radius 1 is 1.29 bits per heavy atom. The molecule has 14 heavy (non-hydrogen) atoms. The normalized spacial score (nSPS) is 19.0. The highest BCUT2D eigenvalue weighted by atomic mass is 16.3. The molecular formula is C11H15NO2. The molecule has 0 radical (unpaired) electrons. The van der Waals surface area contributed by atoms with Gasteiger partial charge in [0.2, 0.25) is 0 Å². The zero-order valence-corrected chi connectivity index (χ0v) is 8.25. The van der Waals surface area contributed by atoms with Crippen LogP contribution in [-0.2, 0) is 5.54 Å². The first kappa shape index (κ1) is 9.34. The minimum Gasteiger partial charge on any atom is -0.504 e. The Bertz CT molecular complexity index is 347. The van der Waals surface area contributed by atoms with Gasteiger partial charge in [-0.05, 0) is 43.4 Å². The van der Waals surface area contributed by atoms with E-state index in [2.05, 4.69) is 0 Å². The second-order valence-electron chi connectivity index (χ2n) is 4.17. The lowest BCUT2D eigenvalue weighted by Crippen LogP contribution is -2.43. The third kappa shape index (κ3) is 1.24. The Labute approximate surface area is 83.2 Å². The quantitative estimate of drug-likeness (QED) is 0.595. The van der Waals surface area contributed by atoms with Crippen molar-refractivity contribution in [1.29, 1.82) is 0 Å². The molecule has 3 nitrogen and oxygen atoms in total. The largest absolute Gasteiger partial charge is 0.504 e. The van der Waals surface area contributed by atoms with Crippen molar-refractivity contribution >= 4 is 0 Å². The molecule has 0 amide bonds. The van der Waals surface area contributed by atoms with Gasteiger partial charge in [0, 0.05) is 5.54 Å².